The number of nitrogens with one attached hydrogen (secondary N) is 2. The summed E-state index contributed by atoms with van der Waals surface area (Å²) in [5.41, 5.74) is 0.684. The maximum Gasteiger partial charge on any atom is 0.335 e. The third-order valence-electron chi connectivity index (χ3n) is 3.42. The van der Waals surface area contributed by atoms with Crippen LogP contribution in [0.3, 0.4) is 0 Å². The van der Waals surface area contributed by atoms with E-state index in [2.05, 4.69) is 22.5 Å². The van der Waals surface area contributed by atoms with E-state index in [1.165, 1.54) is 24.8 Å². The third kappa shape index (κ3) is 4.63. The van der Waals surface area contributed by atoms with Crippen LogP contribution in [0.4, 0.5) is 4.79 Å². The Morgan fingerprint density at radius 2 is 2.29 bits per heavy atom. The third-order valence-corrected chi connectivity index (χ3v) is 4.96. The first-order valence-corrected chi connectivity index (χ1v) is 7.81. The first kappa shape index (κ1) is 15.6. The van der Waals surface area contributed by atoms with Gasteiger partial charge in [0, 0.05) is 17.5 Å². The number of aromatic nitrogens is 1. The second-order valence-electron chi connectivity index (χ2n) is 5.28. The number of pyridine rings is 1. The molecular formula is C14H19N3O3S. The van der Waals surface area contributed by atoms with Crippen LogP contribution in [0, 0.1) is 0 Å². The number of aromatic carboxylic acids is 1. The number of urea groups is 1. The average molecular weight is 309 g/mol. The van der Waals surface area contributed by atoms with Gasteiger partial charge in [0.05, 0.1) is 17.8 Å². The van der Waals surface area contributed by atoms with Crippen LogP contribution in [-0.2, 0) is 6.54 Å². The van der Waals surface area contributed by atoms with E-state index in [1.54, 1.807) is 0 Å². The van der Waals surface area contributed by atoms with Gasteiger partial charge in [-0.25, -0.2) is 9.59 Å². The molecule has 0 aromatic carbocycles. The Hall–Kier alpha value is -1.76. The van der Waals surface area contributed by atoms with E-state index >= 15 is 0 Å². The summed E-state index contributed by atoms with van der Waals surface area (Å²) in [6.45, 7) is 2.99. The fourth-order valence-electron chi connectivity index (χ4n) is 2.18. The van der Waals surface area contributed by atoms with Gasteiger partial charge >= 0.3 is 12.0 Å². The number of thioether (sulfide) groups is 1. The maximum atomic E-state index is 11.8. The van der Waals surface area contributed by atoms with E-state index in [0.29, 0.717) is 12.2 Å². The molecular weight excluding hydrogens is 290 g/mol. The van der Waals surface area contributed by atoms with Gasteiger partial charge in [-0.15, -0.1) is 0 Å². The van der Waals surface area contributed by atoms with Gasteiger partial charge in [-0.1, -0.05) is 0 Å². The maximum absolute atomic E-state index is 11.8. The molecule has 2 rings (SSSR count). The second-order valence-corrected chi connectivity index (χ2v) is 6.96. The molecule has 114 valence electrons. The summed E-state index contributed by atoms with van der Waals surface area (Å²) in [4.78, 5) is 26.6. The molecule has 0 radical (unpaired) electrons. The Morgan fingerprint density at radius 3 is 2.95 bits per heavy atom. The Bertz CT molecular complexity index is 530. The SMILES string of the molecule is CC1(CNC(=O)NCc2cc(C(=O)O)ccn2)CCCS1. The minimum absolute atomic E-state index is 0.124. The number of carboxylic acids is 1. The Labute approximate surface area is 127 Å². The van der Waals surface area contributed by atoms with E-state index in [-0.39, 0.29) is 22.9 Å². The lowest BCUT2D eigenvalue weighted by Gasteiger charge is -2.22. The van der Waals surface area contributed by atoms with Crippen molar-refractivity contribution in [3.05, 3.63) is 29.6 Å². The fraction of sp³-hybridized carbons (Fsp3) is 0.500. The quantitative estimate of drug-likeness (QED) is 0.772. The molecule has 1 fully saturated rings. The minimum atomic E-state index is -1.01. The molecule has 1 saturated heterocycles. The van der Waals surface area contributed by atoms with Crippen molar-refractivity contribution in [2.75, 3.05) is 12.3 Å². The molecule has 0 bridgehead atoms. The van der Waals surface area contributed by atoms with Crippen LogP contribution in [-0.4, -0.2) is 39.1 Å². The molecule has 1 aromatic heterocycles. The number of carboxylic acid groups (broad SMARTS) is 1. The molecule has 1 atom stereocenters. The number of amides is 2. The molecule has 1 aliphatic rings. The Kier molecular flexibility index (Phi) is 5.06. The molecule has 0 aliphatic carbocycles. The summed E-state index contributed by atoms with van der Waals surface area (Å²) in [7, 11) is 0. The number of hydrogen-bond donors (Lipinski definition) is 3. The van der Waals surface area contributed by atoms with Gasteiger partial charge in [-0.05, 0) is 37.7 Å². The molecule has 1 unspecified atom stereocenters. The molecule has 0 saturated carbocycles. The summed E-state index contributed by atoms with van der Waals surface area (Å²) in [6, 6.07) is 2.62. The summed E-state index contributed by atoms with van der Waals surface area (Å²) in [5.74, 6) is 0.139. The van der Waals surface area contributed by atoms with Gasteiger partial charge in [-0.2, -0.15) is 11.8 Å². The van der Waals surface area contributed by atoms with Crippen LogP contribution in [0.1, 0.15) is 35.8 Å². The van der Waals surface area contributed by atoms with Crippen LogP contribution in [0.5, 0.6) is 0 Å². The van der Waals surface area contributed by atoms with E-state index in [4.69, 9.17) is 5.11 Å². The lowest BCUT2D eigenvalue weighted by atomic mass is 10.1. The van der Waals surface area contributed by atoms with Gasteiger partial charge in [0.25, 0.3) is 0 Å². The van der Waals surface area contributed by atoms with Gasteiger partial charge in [-0.3, -0.25) is 4.98 Å². The van der Waals surface area contributed by atoms with Crippen LogP contribution in [0.2, 0.25) is 0 Å². The largest absolute Gasteiger partial charge is 0.478 e. The number of carbonyl (C=O) groups excluding carboxylic acids is 1. The van der Waals surface area contributed by atoms with Crippen LogP contribution in [0.25, 0.3) is 0 Å². The molecule has 0 spiro atoms. The van der Waals surface area contributed by atoms with Crippen LogP contribution >= 0.6 is 11.8 Å². The fourth-order valence-corrected chi connectivity index (χ4v) is 3.43. The molecule has 3 N–H and O–H groups in total. The van der Waals surface area contributed by atoms with E-state index < -0.39 is 5.97 Å². The number of nitrogens with zero attached hydrogens (tertiary/aromatic N) is 1. The van der Waals surface area contributed by atoms with Crippen LogP contribution in [0.15, 0.2) is 18.3 Å². The van der Waals surface area contributed by atoms with Gasteiger partial charge in [0.2, 0.25) is 0 Å². The average Bonchev–Trinajstić information content (AvgIpc) is 2.90. The van der Waals surface area contributed by atoms with Gasteiger partial charge in [0.1, 0.15) is 0 Å². The minimum Gasteiger partial charge on any atom is -0.478 e. The molecule has 6 nitrogen and oxygen atoms in total. The zero-order valence-electron chi connectivity index (χ0n) is 11.9. The van der Waals surface area contributed by atoms with E-state index in [0.717, 1.165) is 12.2 Å². The zero-order valence-corrected chi connectivity index (χ0v) is 12.7. The van der Waals surface area contributed by atoms with Crippen molar-refractivity contribution in [3.63, 3.8) is 0 Å². The van der Waals surface area contributed by atoms with Crippen molar-refractivity contribution in [1.82, 2.24) is 15.6 Å². The van der Waals surface area contributed by atoms with Crippen molar-refractivity contribution in [1.29, 1.82) is 0 Å². The van der Waals surface area contributed by atoms with Crippen molar-refractivity contribution >= 4 is 23.8 Å². The summed E-state index contributed by atoms with van der Waals surface area (Å²) < 4.78 is 0.124. The molecule has 2 heterocycles. The van der Waals surface area contributed by atoms with E-state index in [1.807, 2.05) is 11.8 Å². The summed E-state index contributed by atoms with van der Waals surface area (Å²) in [5, 5.41) is 14.4. The summed E-state index contributed by atoms with van der Waals surface area (Å²) >= 11 is 1.89. The number of hydrogen-bond acceptors (Lipinski definition) is 4. The van der Waals surface area contributed by atoms with Gasteiger partial charge < -0.3 is 15.7 Å². The smallest absolute Gasteiger partial charge is 0.335 e. The lowest BCUT2D eigenvalue weighted by Crippen LogP contribution is -2.42. The highest BCUT2D eigenvalue weighted by molar-refractivity contribution is 8.00. The normalized spacial score (nSPS) is 21.0. The van der Waals surface area contributed by atoms with Crippen molar-refractivity contribution in [3.8, 4) is 0 Å². The molecule has 7 heteroatoms. The predicted octanol–water partition coefficient (Wildman–Crippen LogP) is 1.86. The molecule has 1 aromatic rings. The number of carbonyl (C=O) groups is 2. The molecule has 2 amide bonds. The van der Waals surface area contributed by atoms with Crippen LogP contribution < -0.4 is 10.6 Å². The summed E-state index contributed by atoms with van der Waals surface area (Å²) in [6.07, 6.45) is 3.73. The topological polar surface area (TPSA) is 91.3 Å². The lowest BCUT2D eigenvalue weighted by molar-refractivity contribution is 0.0696. The standard InChI is InChI=1S/C14H19N3O3S/c1-14(4-2-6-21-14)9-17-13(20)16-8-11-7-10(12(18)19)3-5-15-11/h3,5,7H,2,4,6,8-9H2,1H3,(H,18,19)(H2,16,17,20). The van der Waals surface area contributed by atoms with Crippen molar-refractivity contribution in [2.45, 2.75) is 31.1 Å². The van der Waals surface area contributed by atoms with Crippen molar-refractivity contribution in [2.24, 2.45) is 0 Å². The highest BCUT2D eigenvalue weighted by atomic mass is 32.2. The number of rotatable bonds is 5. The van der Waals surface area contributed by atoms with E-state index in [9.17, 15) is 9.59 Å². The monoisotopic (exact) mass is 309 g/mol. The highest BCUT2D eigenvalue weighted by Gasteiger charge is 2.29. The first-order chi connectivity index (χ1) is 9.98. The second kappa shape index (κ2) is 6.80. The first-order valence-electron chi connectivity index (χ1n) is 6.82. The zero-order chi connectivity index (χ0) is 15.3. The Balaban J connectivity index is 1.78. The molecule has 21 heavy (non-hydrogen) atoms. The Morgan fingerprint density at radius 1 is 1.48 bits per heavy atom. The highest BCUT2D eigenvalue weighted by Crippen LogP contribution is 2.36. The van der Waals surface area contributed by atoms with Gasteiger partial charge in [0.15, 0.2) is 0 Å². The molecule has 1 aliphatic heterocycles. The van der Waals surface area contributed by atoms with Crippen molar-refractivity contribution < 1.29 is 14.7 Å². The predicted molar refractivity (Wildman–Crippen MR) is 81.5 cm³/mol.